The van der Waals surface area contributed by atoms with Crippen molar-refractivity contribution >= 4 is 11.6 Å². The fourth-order valence-corrected chi connectivity index (χ4v) is 3.44. The Morgan fingerprint density at radius 3 is 2.63 bits per heavy atom. The van der Waals surface area contributed by atoms with E-state index in [0.717, 1.165) is 22.7 Å². The molecule has 0 spiro atoms. The van der Waals surface area contributed by atoms with Crippen LogP contribution < -0.4 is 5.32 Å². The summed E-state index contributed by atoms with van der Waals surface area (Å²) in [5, 5.41) is 11.2. The molecule has 1 N–H and O–H groups in total. The second kappa shape index (κ2) is 6.72. The number of pyridine rings is 1. The van der Waals surface area contributed by atoms with Crippen molar-refractivity contribution in [2.75, 3.05) is 0 Å². The molecule has 0 aliphatic carbocycles. The first kappa shape index (κ1) is 17.0. The average Bonchev–Trinajstić information content (AvgIpc) is 3.21. The van der Waals surface area contributed by atoms with Gasteiger partial charge in [-0.05, 0) is 50.6 Å². The lowest BCUT2D eigenvalue weighted by Crippen LogP contribution is -2.24. The van der Waals surface area contributed by atoms with Crippen molar-refractivity contribution in [2.24, 2.45) is 0 Å². The Labute approximate surface area is 157 Å². The molecule has 0 atom stereocenters. The number of rotatable bonds is 4. The monoisotopic (exact) mass is 359 g/mol. The maximum Gasteiger partial charge on any atom is 0.253 e. The van der Waals surface area contributed by atoms with E-state index in [-0.39, 0.29) is 5.91 Å². The quantitative estimate of drug-likeness (QED) is 0.608. The Hall–Kier alpha value is -3.41. The van der Waals surface area contributed by atoms with Gasteiger partial charge in [0.2, 0.25) is 0 Å². The van der Waals surface area contributed by atoms with Crippen LogP contribution in [0.25, 0.3) is 11.3 Å². The van der Waals surface area contributed by atoms with Gasteiger partial charge in [-0.15, -0.1) is 10.2 Å². The first-order valence-corrected chi connectivity index (χ1v) is 8.88. The van der Waals surface area contributed by atoms with Crippen LogP contribution in [-0.4, -0.2) is 25.1 Å². The van der Waals surface area contributed by atoms with Gasteiger partial charge in [-0.25, -0.2) is 0 Å². The van der Waals surface area contributed by atoms with Gasteiger partial charge >= 0.3 is 0 Å². The van der Waals surface area contributed by atoms with Crippen molar-refractivity contribution in [3.63, 3.8) is 0 Å². The number of carbonyl (C=O) groups excluding carboxylic acids is 1. The molecule has 1 amide bonds. The lowest BCUT2D eigenvalue weighted by Gasteiger charge is -2.12. The highest BCUT2D eigenvalue weighted by atomic mass is 16.1. The Bertz CT molecular complexity index is 1140. The van der Waals surface area contributed by atoms with Gasteiger partial charge in [-0.2, -0.15) is 0 Å². The van der Waals surface area contributed by atoms with Crippen LogP contribution >= 0.6 is 0 Å². The summed E-state index contributed by atoms with van der Waals surface area (Å²) in [7, 11) is 0. The third-order valence-corrected chi connectivity index (χ3v) is 4.82. The van der Waals surface area contributed by atoms with Gasteiger partial charge in [-0.3, -0.25) is 9.20 Å². The summed E-state index contributed by atoms with van der Waals surface area (Å²) in [6.07, 6.45) is 1.89. The largest absolute Gasteiger partial charge is 0.345 e. The lowest BCUT2D eigenvalue weighted by atomic mass is 10.2. The summed E-state index contributed by atoms with van der Waals surface area (Å²) < 4.78 is 3.99. The molecule has 6 heteroatoms. The standard InChI is InChI=1S/C21H21N5O/c1-14-8-4-5-9-18(14)26-15(2)12-17(16(26)3)21(27)22-13-20-24-23-19-10-6-7-11-25(19)20/h4-12H,13H2,1-3H3,(H,22,27). The van der Waals surface area contributed by atoms with E-state index in [2.05, 4.69) is 39.1 Å². The molecule has 0 bridgehead atoms. The Kier molecular flexibility index (Phi) is 4.24. The summed E-state index contributed by atoms with van der Waals surface area (Å²) in [6, 6.07) is 15.8. The zero-order chi connectivity index (χ0) is 19.0. The Balaban J connectivity index is 1.60. The number of aryl methyl sites for hydroxylation is 2. The maximum atomic E-state index is 12.8. The van der Waals surface area contributed by atoms with Crippen LogP contribution in [0.15, 0.2) is 54.7 Å². The molecule has 0 saturated heterocycles. The molecule has 0 radical (unpaired) electrons. The zero-order valence-electron chi connectivity index (χ0n) is 15.6. The van der Waals surface area contributed by atoms with Crippen molar-refractivity contribution in [3.8, 4) is 5.69 Å². The van der Waals surface area contributed by atoms with E-state index in [1.54, 1.807) is 0 Å². The first-order chi connectivity index (χ1) is 13.1. The number of carbonyl (C=O) groups is 1. The van der Waals surface area contributed by atoms with E-state index in [4.69, 9.17) is 0 Å². The van der Waals surface area contributed by atoms with Gasteiger partial charge in [0, 0.05) is 23.3 Å². The normalized spacial score (nSPS) is 11.1. The van der Waals surface area contributed by atoms with Crippen LogP contribution in [0, 0.1) is 20.8 Å². The average molecular weight is 359 g/mol. The third-order valence-electron chi connectivity index (χ3n) is 4.82. The molecule has 0 saturated carbocycles. The summed E-state index contributed by atoms with van der Waals surface area (Å²) in [6.45, 7) is 6.38. The summed E-state index contributed by atoms with van der Waals surface area (Å²) in [4.78, 5) is 12.8. The van der Waals surface area contributed by atoms with E-state index in [0.29, 0.717) is 17.9 Å². The van der Waals surface area contributed by atoms with E-state index in [1.807, 2.05) is 60.8 Å². The number of amides is 1. The number of benzene rings is 1. The summed E-state index contributed by atoms with van der Waals surface area (Å²) in [5.41, 5.74) is 5.64. The Morgan fingerprint density at radius 2 is 1.81 bits per heavy atom. The second-order valence-corrected chi connectivity index (χ2v) is 6.63. The number of fused-ring (bicyclic) bond motifs is 1. The topological polar surface area (TPSA) is 64.2 Å². The molecule has 27 heavy (non-hydrogen) atoms. The smallest absolute Gasteiger partial charge is 0.253 e. The van der Waals surface area contributed by atoms with Gasteiger partial charge in [-0.1, -0.05) is 24.3 Å². The fraction of sp³-hybridized carbons (Fsp3) is 0.190. The highest BCUT2D eigenvalue weighted by molar-refractivity contribution is 5.95. The molecule has 0 unspecified atom stereocenters. The zero-order valence-corrected chi connectivity index (χ0v) is 15.6. The highest BCUT2D eigenvalue weighted by Gasteiger charge is 2.18. The van der Waals surface area contributed by atoms with E-state index in [1.165, 1.54) is 5.56 Å². The van der Waals surface area contributed by atoms with Crippen LogP contribution in [0.4, 0.5) is 0 Å². The molecule has 4 aromatic rings. The molecular formula is C21H21N5O. The highest BCUT2D eigenvalue weighted by Crippen LogP contribution is 2.23. The maximum absolute atomic E-state index is 12.8. The summed E-state index contributed by atoms with van der Waals surface area (Å²) >= 11 is 0. The van der Waals surface area contributed by atoms with Crippen LogP contribution in [-0.2, 0) is 6.54 Å². The molecule has 6 nitrogen and oxygen atoms in total. The van der Waals surface area contributed by atoms with E-state index in [9.17, 15) is 4.79 Å². The van der Waals surface area contributed by atoms with Crippen LogP contribution in [0.3, 0.4) is 0 Å². The molecule has 4 rings (SSSR count). The number of hydrogen-bond donors (Lipinski definition) is 1. The van der Waals surface area contributed by atoms with Gasteiger partial charge < -0.3 is 9.88 Å². The van der Waals surface area contributed by atoms with Gasteiger partial charge in [0.25, 0.3) is 5.91 Å². The molecule has 136 valence electrons. The lowest BCUT2D eigenvalue weighted by molar-refractivity contribution is 0.0949. The molecule has 3 heterocycles. The van der Waals surface area contributed by atoms with Crippen molar-refractivity contribution in [1.82, 2.24) is 24.5 Å². The number of nitrogens with zero attached hydrogens (tertiary/aromatic N) is 4. The number of nitrogens with one attached hydrogen (secondary N) is 1. The van der Waals surface area contributed by atoms with Gasteiger partial charge in [0.05, 0.1) is 12.1 Å². The van der Waals surface area contributed by atoms with Crippen molar-refractivity contribution in [2.45, 2.75) is 27.3 Å². The van der Waals surface area contributed by atoms with Crippen LogP contribution in [0.2, 0.25) is 0 Å². The van der Waals surface area contributed by atoms with Crippen LogP contribution in [0.5, 0.6) is 0 Å². The van der Waals surface area contributed by atoms with Gasteiger partial charge in [0.15, 0.2) is 11.5 Å². The van der Waals surface area contributed by atoms with Crippen molar-refractivity contribution in [3.05, 3.63) is 83.1 Å². The minimum Gasteiger partial charge on any atom is -0.345 e. The minimum absolute atomic E-state index is 0.115. The SMILES string of the molecule is Cc1ccccc1-n1c(C)cc(C(=O)NCc2nnc3ccccn23)c1C. The molecule has 3 aromatic heterocycles. The van der Waals surface area contributed by atoms with Crippen molar-refractivity contribution in [1.29, 1.82) is 0 Å². The van der Waals surface area contributed by atoms with E-state index < -0.39 is 0 Å². The second-order valence-electron chi connectivity index (χ2n) is 6.63. The molecular weight excluding hydrogens is 338 g/mol. The molecule has 1 aromatic carbocycles. The molecule has 0 fully saturated rings. The molecule has 0 aliphatic heterocycles. The predicted molar refractivity (Wildman–Crippen MR) is 104 cm³/mol. The number of hydrogen-bond acceptors (Lipinski definition) is 3. The number of aromatic nitrogens is 4. The van der Waals surface area contributed by atoms with Gasteiger partial charge in [0.1, 0.15) is 0 Å². The van der Waals surface area contributed by atoms with Crippen molar-refractivity contribution < 1.29 is 4.79 Å². The fourth-order valence-electron chi connectivity index (χ4n) is 3.44. The predicted octanol–water partition coefficient (Wildman–Crippen LogP) is 3.38. The molecule has 0 aliphatic rings. The van der Waals surface area contributed by atoms with Crippen LogP contribution in [0.1, 0.15) is 33.1 Å². The Morgan fingerprint density at radius 1 is 1.04 bits per heavy atom. The van der Waals surface area contributed by atoms with E-state index >= 15 is 0 Å². The first-order valence-electron chi connectivity index (χ1n) is 8.88. The summed E-state index contributed by atoms with van der Waals surface area (Å²) in [5.74, 6) is 0.585. The minimum atomic E-state index is -0.115. The third kappa shape index (κ3) is 2.99. The number of para-hydroxylation sites is 1.